The van der Waals surface area contributed by atoms with E-state index in [2.05, 4.69) is 22.1 Å². The minimum atomic E-state index is 0.505. The molecule has 0 aliphatic rings. The van der Waals surface area contributed by atoms with Gasteiger partial charge in [-0.1, -0.05) is 24.3 Å². The number of benzene rings is 1. The lowest BCUT2D eigenvalue weighted by Crippen LogP contribution is -1.83. The zero-order valence-electron chi connectivity index (χ0n) is 8.93. The second-order valence-corrected chi connectivity index (χ2v) is 5.04. The van der Waals surface area contributed by atoms with Gasteiger partial charge in [0, 0.05) is 16.5 Å². The van der Waals surface area contributed by atoms with Crippen LogP contribution in [-0.4, -0.2) is 9.97 Å². The fourth-order valence-electron chi connectivity index (χ4n) is 1.67. The Labute approximate surface area is 108 Å². The molecule has 17 heavy (non-hydrogen) atoms. The summed E-state index contributed by atoms with van der Waals surface area (Å²) < 4.78 is 0. The highest BCUT2D eigenvalue weighted by molar-refractivity contribution is 7.15. The highest BCUT2D eigenvalue weighted by Crippen LogP contribution is 2.26. The van der Waals surface area contributed by atoms with E-state index < -0.39 is 0 Å². The molecule has 0 N–H and O–H groups in total. The summed E-state index contributed by atoms with van der Waals surface area (Å²) in [5.41, 5.74) is 1.90. The third-order valence-corrected chi connectivity index (χ3v) is 3.97. The third kappa shape index (κ3) is 2.04. The minimum absolute atomic E-state index is 0.505. The molecule has 4 heteroatoms. The zero-order valence-corrected chi connectivity index (χ0v) is 10.5. The Bertz CT molecular complexity index is 663. The van der Waals surface area contributed by atoms with Crippen molar-refractivity contribution in [1.82, 2.24) is 9.97 Å². The first-order chi connectivity index (χ1) is 8.36. The van der Waals surface area contributed by atoms with E-state index in [1.165, 1.54) is 0 Å². The van der Waals surface area contributed by atoms with Crippen LogP contribution in [-0.2, 0) is 5.88 Å². The standard InChI is InChI=1S/C13H9ClN2S/c14-7-10-8-15-13(17-10)12-6-5-9-3-1-2-4-11(9)16-12/h1-6,8H,7H2. The Morgan fingerprint density at radius 1 is 1.12 bits per heavy atom. The first-order valence-corrected chi connectivity index (χ1v) is 6.59. The van der Waals surface area contributed by atoms with Gasteiger partial charge in [-0.15, -0.1) is 22.9 Å². The number of alkyl halides is 1. The van der Waals surface area contributed by atoms with Crippen molar-refractivity contribution in [2.75, 3.05) is 0 Å². The van der Waals surface area contributed by atoms with E-state index >= 15 is 0 Å². The van der Waals surface area contributed by atoms with Crippen LogP contribution in [0.4, 0.5) is 0 Å². The number of aromatic nitrogens is 2. The van der Waals surface area contributed by atoms with Crippen molar-refractivity contribution in [3.8, 4) is 10.7 Å². The Hall–Kier alpha value is -1.45. The highest BCUT2D eigenvalue weighted by Gasteiger charge is 2.06. The van der Waals surface area contributed by atoms with Crippen LogP contribution in [0.3, 0.4) is 0 Å². The van der Waals surface area contributed by atoms with Gasteiger partial charge in [-0.05, 0) is 12.1 Å². The number of rotatable bonds is 2. The molecule has 0 saturated heterocycles. The molecule has 2 aromatic heterocycles. The normalized spacial score (nSPS) is 10.9. The van der Waals surface area contributed by atoms with Gasteiger partial charge in [-0.2, -0.15) is 0 Å². The van der Waals surface area contributed by atoms with E-state index in [1.807, 2.05) is 30.5 Å². The van der Waals surface area contributed by atoms with Crippen LogP contribution in [0.25, 0.3) is 21.6 Å². The maximum atomic E-state index is 5.77. The molecule has 0 aliphatic carbocycles. The third-order valence-electron chi connectivity index (χ3n) is 2.50. The molecule has 0 bridgehead atoms. The molecule has 0 unspecified atom stereocenters. The number of halogens is 1. The van der Waals surface area contributed by atoms with Gasteiger partial charge in [0.25, 0.3) is 0 Å². The molecule has 2 heterocycles. The number of para-hydroxylation sites is 1. The Morgan fingerprint density at radius 2 is 2.00 bits per heavy atom. The SMILES string of the molecule is ClCc1cnc(-c2ccc3ccccc3n2)s1. The van der Waals surface area contributed by atoms with Crippen molar-refractivity contribution in [1.29, 1.82) is 0 Å². The summed E-state index contributed by atoms with van der Waals surface area (Å²) in [7, 11) is 0. The van der Waals surface area contributed by atoms with Crippen molar-refractivity contribution in [3.63, 3.8) is 0 Å². The van der Waals surface area contributed by atoms with Crippen molar-refractivity contribution >= 4 is 33.8 Å². The van der Waals surface area contributed by atoms with Crippen LogP contribution in [0, 0.1) is 0 Å². The fourth-order valence-corrected chi connectivity index (χ4v) is 2.64. The van der Waals surface area contributed by atoms with E-state index in [0.717, 1.165) is 26.5 Å². The van der Waals surface area contributed by atoms with Gasteiger partial charge in [-0.3, -0.25) is 0 Å². The molecule has 84 valence electrons. The topological polar surface area (TPSA) is 25.8 Å². The van der Waals surface area contributed by atoms with E-state index in [-0.39, 0.29) is 0 Å². The average Bonchev–Trinajstić information content (AvgIpc) is 2.87. The molecule has 3 rings (SSSR count). The van der Waals surface area contributed by atoms with Crippen LogP contribution < -0.4 is 0 Å². The minimum Gasteiger partial charge on any atom is -0.245 e. The largest absolute Gasteiger partial charge is 0.245 e. The lowest BCUT2D eigenvalue weighted by molar-refractivity contribution is 1.32. The molecule has 0 atom stereocenters. The van der Waals surface area contributed by atoms with Crippen LogP contribution in [0.2, 0.25) is 0 Å². The number of hydrogen-bond acceptors (Lipinski definition) is 3. The summed E-state index contributed by atoms with van der Waals surface area (Å²) in [5, 5.41) is 2.07. The van der Waals surface area contributed by atoms with Crippen LogP contribution in [0.15, 0.2) is 42.6 Å². The predicted octanol–water partition coefficient (Wildman–Crippen LogP) is 4.10. The van der Waals surface area contributed by atoms with Gasteiger partial charge >= 0.3 is 0 Å². The highest BCUT2D eigenvalue weighted by atomic mass is 35.5. The van der Waals surface area contributed by atoms with Gasteiger partial charge in [0.2, 0.25) is 0 Å². The average molecular weight is 261 g/mol. The summed E-state index contributed by atoms with van der Waals surface area (Å²) >= 11 is 7.36. The number of nitrogens with zero attached hydrogens (tertiary/aromatic N) is 2. The molecule has 2 nitrogen and oxygen atoms in total. The molecule has 0 fully saturated rings. The maximum Gasteiger partial charge on any atom is 0.142 e. The Morgan fingerprint density at radius 3 is 2.82 bits per heavy atom. The summed E-state index contributed by atoms with van der Waals surface area (Å²) in [6.45, 7) is 0. The van der Waals surface area contributed by atoms with E-state index in [0.29, 0.717) is 5.88 Å². The predicted molar refractivity (Wildman–Crippen MR) is 72.4 cm³/mol. The van der Waals surface area contributed by atoms with E-state index in [4.69, 9.17) is 11.6 Å². The zero-order chi connectivity index (χ0) is 11.7. The lowest BCUT2D eigenvalue weighted by atomic mass is 10.2. The van der Waals surface area contributed by atoms with Crippen molar-refractivity contribution in [3.05, 3.63) is 47.5 Å². The number of hydrogen-bond donors (Lipinski definition) is 0. The number of thiazole rings is 1. The number of pyridine rings is 1. The van der Waals surface area contributed by atoms with Gasteiger partial charge in [-0.25, -0.2) is 9.97 Å². The van der Waals surface area contributed by atoms with Gasteiger partial charge < -0.3 is 0 Å². The van der Waals surface area contributed by atoms with Crippen LogP contribution >= 0.6 is 22.9 Å². The van der Waals surface area contributed by atoms with Crippen molar-refractivity contribution < 1.29 is 0 Å². The molecular formula is C13H9ClN2S. The van der Waals surface area contributed by atoms with Crippen LogP contribution in [0.1, 0.15) is 4.88 Å². The fraction of sp³-hybridized carbons (Fsp3) is 0.0769. The molecule has 0 radical (unpaired) electrons. The Balaban J connectivity index is 2.11. The first-order valence-electron chi connectivity index (χ1n) is 5.23. The van der Waals surface area contributed by atoms with E-state index in [1.54, 1.807) is 11.3 Å². The summed E-state index contributed by atoms with van der Waals surface area (Å²) in [5.74, 6) is 0.505. The van der Waals surface area contributed by atoms with Crippen molar-refractivity contribution in [2.24, 2.45) is 0 Å². The van der Waals surface area contributed by atoms with Gasteiger partial charge in [0.1, 0.15) is 5.01 Å². The molecule has 0 aliphatic heterocycles. The first kappa shape index (κ1) is 10.7. The molecule has 3 aromatic rings. The second kappa shape index (κ2) is 4.43. The summed E-state index contributed by atoms with van der Waals surface area (Å²) in [4.78, 5) is 10.00. The van der Waals surface area contributed by atoms with Crippen LogP contribution in [0.5, 0.6) is 0 Å². The molecule has 0 saturated carbocycles. The lowest BCUT2D eigenvalue weighted by Gasteiger charge is -1.99. The summed E-state index contributed by atoms with van der Waals surface area (Å²) in [6, 6.07) is 12.1. The van der Waals surface area contributed by atoms with Gasteiger partial charge in [0.05, 0.1) is 17.1 Å². The van der Waals surface area contributed by atoms with E-state index in [9.17, 15) is 0 Å². The Kier molecular flexibility index (Phi) is 2.79. The smallest absolute Gasteiger partial charge is 0.142 e. The maximum absolute atomic E-state index is 5.77. The molecule has 0 spiro atoms. The monoisotopic (exact) mass is 260 g/mol. The van der Waals surface area contributed by atoms with Crippen molar-refractivity contribution in [2.45, 2.75) is 5.88 Å². The number of fused-ring (bicyclic) bond motifs is 1. The quantitative estimate of drug-likeness (QED) is 0.649. The molecular weight excluding hydrogens is 252 g/mol. The second-order valence-electron chi connectivity index (χ2n) is 3.65. The van der Waals surface area contributed by atoms with Gasteiger partial charge in [0.15, 0.2) is 0 Å². The summed E-state index contributed by atoms with van der Waals surface area (Å²) in [6.07, 6.45) is 1.81. The molecule has 0 amide bonds. The molecule has 1 aromatic carbocycles.